The van der Waals surface area contributed by atoms with Crippen molar-refractivity contribution in [3.05, 3.63) is 65.2 Å². The number of nitrogens with zero attached hydrogens (tertiary/aromatic N) is 1. The summed E-state index contributed by atoms with van der Waals surface area (Å²) in [7, 11) is 0. The zero-order valence-electron chi connectivity index (χ0n) is 17.6. The Balaban J connectivity index is 1.63. The van der Waals surface area contributed by atoms with Crippen LogP contribution >= 0.6 is 11.3 Å². The molecular formula is C22H20F2N4O4S. The quantitative estimate of drug-likeness (QED) is 0.400. The Morgan fingerprint density at radius 1 is 1.03 bits per heavy atom. The summed E-state index contributed by atoms with van der Waals surface area (Å²) in [6, 6.07) is 7.60. The molecule has 3 amide bonds. The van der Waals surface area contributed by atoms with E-state index in [0.29, 0.717) is 22.3 Å². The van der Waals surface area contributed by atoms with Gasteiger partial charge in [0, 0.05) is 22.7 Å². The highest BCUT2D eigenvalue weighted by Crippen LogP contribution is 2.25. The smallest absolute Gasteiger partial charge is 0.326 e. The summed E-state index contributed by atoms with van der Waals surface area (Å²) in [5.74, 6) is -3.64. The average molecular weight is 474 g/mol. The van der Waals surface area contributed by atoms with Gasteiger partial charge in [-0.15, -0.1) is 11.3 Å². The number of halogens is 2. The third-order valence-electron chi connectivity index (χ3n) is 4.53. The van der Waals surface area contributed by atoms with Gasteiger partial charge in [-0.25, -0.2) is 23.4 Å². The molecule has 0 bridgehead atoms. The minimum absolute atomic E-state index is 0.102. The second-order valence-electron chi connectivity index (χ2n) is 7.35. The number of benzene rings is 2. The van der Waals surface area contributed by atoms with Gasteiger partial charge in [-0.05, 0) is 42.3 Å². The maximum Gasteiger partial charge on any atom is 0.326 e. The standard InChI is InChI=1S/C22H20F2N4O4S/c1-11(2)18(21(30)31)28-19(29)17-10-33-20(26-17)12-3-6-14(7-4-12)25-22(32)27-16-8-5-13(23)9-15(16)24/h3-11,18H,1-2H3,(H,28,29)(H,30,31)(H2,25,27,32)/t18-/m0/s1. The number of aromatic nitrogens is 1. The largest absolute Gasteiger partial charge is 0.480 e. The van der Waals surface area contributed by atoms with Crippen LogP contribution in [0, 0.1) is 17.6 Å². The van der Waals surface area contributed by atoms with Gasteiger partial charge >= 0.3 is 12.0 Å². The number of rotatable bonds is 7. The Hall–Kier alpha value is -3.86. The van der Waals surface area contributed by atoms with Crippen molar-refractivity contribution in [2.75, 3.05) is 10.6 Å². The van der Waals surface area contributed by atoms with Gasteiger partial charge in [0.15, 0.2) is 0 Å². The summed E-state index contributed by atoms with van der Waals surface area (Å²) >= 11 is 1.21. The maximum absolute atomic E-state index is 13.7. The van der Waals surface area contributed by atoms with Crippen LogP contribution in [0.2, 0.25) is 0 Å². The van der Waals surface area contributed by atoms with E-state index in [4.69, 9.17) is 0 Å². The Kier molecular flexibility index (Phi) is 7.34. The lowest BCUT2D eigenvalue weighted by molar-refractivity contribution is -0.140. The third kappa shape index (κ3) is 6.10. The molecule has 1 atom stereocenters. The number of carbonyl (C=O) groups excluding carboxylic acids is 2. The van der Waals surface area contributed by atoms with Crippen LogP contribution in [0.15, 0.2) is 47.8 Å². The third-order valence-corrected chi connectivity index (χ3v) is 5.42. The van der Waals surface area contributed by atoms with E-state index in [9.17, 15) is 28.3 Å². The zero-order valence-corrected chi connectivity index (χ0v) is 18.4. The van der Waals surface area contributed by atoms with Crippen molar-refractivity contribution in [3.63, 3.8) is 0 Å². The molecule has 3 rings (SSSR count). The molecule has 0 unspecified atom stereocenters. The molecule has 4 N–H and O–H groups in total. The van der Waals surface area contributed by atoms with E-state index in [2.05, 4.69) is 20.9 Å². The first-order valence-electron chi connectivity index (χ1n) is 9.76. The molecule has 3 aromatic rings. The zero-order chi connectivity index (χ0) is 24.1. The van der Waals surface area contributed by atoms with E-state index in [0.717, 1.165) is 12.1 Å². The number of hydrogen-bond acceptors (Lipinski definition) is 5. The fraction of sp³-hybridized carbons (Fsp3) is 0.182. The summed E-state index contributed by atoms with van der Waals surface area (Å²) in [6.45, 7) is 3.38. The highest BCUT2D eigenvalue weighted by Gasteiger charge is 2.25. The van der Waals surface area contributed by atoms with Crippen molar-refractivity contribution in [1.29, 1.82) is 0 Å². The van der Waals surface area contributed by atoms with Crippen LogP contribution < -0.4 is 16.0 Å². The minimum atomic E-state index is -1.12. The predicted octanol–water partition coefficient (Wildman–Crippen LogP) is 4.57. The fourth-order valence-electron chi connectivity index (χ4n) is 2.81. The molecule has 0 aliphatic carbocycles. The molecule has 0 aliphatic rings. The van der Waals surface area contributed by atoms with Gasteiger partial charge in [0.05, 0.1) is 5.69 Å². The molecule has 11 heteroatoms. The van der Waals surface area contributed by atoms with E-state index >= 15 is 0 Å². The number of carboxylic acids is 1. The number of anilines is 2. The second kappa shape index (κ2) is 10.2. The van der Waals surface area contributed by atoms with Crippen molar-refractivity contribution >= 4 is 40.6 Å². The SMILES string of the molecule is CC(C)[C@H](NC(=O)c1csc(-c2ccc(NC(=O)Nc3ccc(F)cc3F)cc2)n1)C(=O)O. The lowest BCUT2D eigenvalue weighted by Crippen LogP contribution is -2.44. The Morgan fingerprint density at radius 2 is 1.73 bits per heavy atom. The normalized spacial score (nSPS) is 11.7. The number of carboxylic acid groups (broad SMARTS) is 1. The molecule has 1 heterocycles. The summed E-state index contributed by atoms with van der Waals surface area (Å²) < 4.78 is 26.6. The fourth-order valence-corrected chi connectivity index (χ4v) is 3.62. The number of thiazole rings is 1. The van der Waals surface area contributed by atoms with E-state index in [1.165, 1.54) is 16.7 Å². The van der Waals surface area contributed by atoms with Gasteiger partial charge in [0.1, 0.15) is 28.4 Å². The minimum Gasteiger partial charge on any atom is -0.480 e. The average Bonchev–Trinajstić information content (AvgIpc) is 3.24. The molecule has 0 radical (unpaired) electrons. The van der Waals surface area contributed by atoms with E-state index in [1.54, 1.807) is 38.1 Å². The molecule has 0 aliphatic heterocycles. The Labute approximate surface area is 191 Å². The first kappa shape index (κ1) is 23.8. The topological polar surface area (TPSA) is 120 Å². The van der Waals surface area contributed by atoms with Crippen molar-refractivity contribution in [2.45, 2.75) is 19.9 Å². The molecule has 1 aromatic heterocycles. The van der Waals surface area contributed by atoms with Crippen LogP contribution in [-0.4, -0.2) is 34.0 Å². The van der Waals surface area contributed by atoms with Gasteiger partial charge in [0.25, 0.3) is 5.91 Å². The van der Waals surface area contributed by atoms with Crippen molar-refractivity contribution in [3.8, 4) is 10.6 Å². The molecule has 0 saturated heterocycles. The first-order chi connectivity index (χ1) is 15.6. The van der Waals surface area contributed by atoms with Crippen molar-refractivity contribution in [1.82, 2.24) is 10.3 Å². The Morgan fingerprint density at radius 3 is 2.33 bits per heavy atom. The molecule has 172 valence electrons. The van der Waals surface area contributed by atoms with Crippen LogP contribution in [0.25, 0.3) is 10.6 Å². The molecular weight excluding hydrogens is 454 g/mol. The van der Waals surface area contributed by atoms with Gasteiger partial charge in [0.2, 0.25) is 0 Å². The van der Waals surface area contributed by atoms with Crippen LogP contribution in [-0.2, 0) is 4.79 Å². The molecule has 8 nitrogen and oxygen atoms in total. The lowest BCUT2D eigenvalue weighted by atomic mass is 10.0. The van der Waals surface area contributed by atoms with Crippen LogP contribution in [0.3, 0.4) is 0 Å². The molecule has 33 heavy (non-hydrogen) atoms. The van der Waals surface area contributed by atoms with E-state index in [-0.39, 0.29) is 17.3 Å². The number of nitrogens with one attached hydrogen (secondary N) is 3. The van der Waals surface area contributed by atoms with Gasteiger partial charge in [-0.1, -0.05) is 13.8 Å². The van der Waals surface area contributed by atoms with Gasteiger partial charge < -0.3 is 21.1 Å². The number of amides is 3. The predicted molar refractivity (Wildman–Crippen MR) is 120 cm³/mol. The highest BCUT2D eigenvalue weighted by atomic mass is 32.1. The molecule has 0 spiro atoms. The van der Waals surface area contributed by atoms with Gasteiger partial charge in [-0.3, -0.25) is 4.79 Å². The van der Waals surface area contributed by atoms with E-state index < -0.39 is 35.6 Å². The van der Waals surface area contributed by atoms with Crippen LogP contribution in [0.4, 0.5) is 25.0 Å². The number of urea groups is 1. The molecule has 0 saturated carbocycles. The van der Waals surface area contributed by atoms with Crippen molar-refractivity contribution in [2.24, 2.45) is 5.92 Å². The number of hydrogen-bond donors (Lipinski definition) is 4. The van der Waals surface area contributed by atoms with Crippen LogP contribution in [0.5, 0.6) is 0 Å². The first-order valence-corrected chi connectivity index (χ1v) is 10.6. The Bertz CT molecular complexity index is 1180. The summed E-state index contributed by atoms with van der Waals surface area (Å²) in [5, 5.41) is 18.6. The van der Waals surface area contributed by atoms with Gasteiger partial charge in [-0.2, -0.15) is 0 Å². The second-order valence-corrected chi connectivity index (χ2v) is 8.21. The van der Waals surface area contributed by atoms with Crippen LogP contribution in [0.1, 0.15) is 24.3 Å². The number of aliphatic carboxylic acids is 1. The summed E-state index contributed by atoms with van der Waals surface area (Å²) in [5.41, 5.74) is 1.02. The molecule has 2 aromatic carbocycles. The van der Waals surface area contributed by atoms with E-state index in [1.807, 2.05) is 0 Å². The van der Waals surface area contributed by atoms with Crippen molar-refractivity contribution < 1.29 is 28.3 Å². The maximum atomic E-state index is 13.7. The summed E-state index contributed by atoms with van der Waals surface area (Å²) in [6.07, 6.45) is 0. The lowest BCUT2D eigenvalue weighted by Gasteiger charge is -2.16. The monoisotopic (exact) mass is 474 g/mol. The number of carbonyl (C=O) groups is 3. The summed E-state index contributed by atoms with van der Waals surface area (Å²) in [4.78, 5) is 39.9. The highest BCUT2D eigenvalue weighted by molar-refractivity contribution is 7.13. The molecule has 0 fully saturated rings.